The van der Waals surface area contributed by atoms with Gasteiger partial charge in [0.2, 0.25) is 15.9 Å². The fourth-order valence-corrected chi connectivity index (χ4v) is 4.83. The highest BCUT2D eigenvalue weighted by Crippen LogP contribution is 2.25. The molecule has 3 rings (SSSR count). The van der Waals surface area contributed by atoms with E-state index in [1.165, 1.54) is 16.4 Å². The summed E-state index contributed by atoms with van der Waals surface area (Å²) in [5, 5.41) is 0.830. The van der Waals surface area contributed by atoms with Crippen LogP contribution in [0.3, 0.4) is 0 Å². The van der Waals surface area contributed by atoms with Crippen LogP contribution in [-0.2, 0) is 14.8 Å². The summed E-state index contributed by atoms with van der Waals surface area (Å²) in [6.07, 6.45) is 3.20. The summed E-state index contributed by atoms with van der Waals surface area (Å²) < 4.78 is 26.8. The van der Waals surface area contributed by atoms with Gasteiger partial charge in [-0.25, -0.2) is 8.42 Å². The van der Waals surface area contributed by atoms with Gasteiger partial charge in [-0.1, -0.05) is 47.5 Å². The van der Waals surface area contributed by atoms with Crippen molar-refractivity contribution in [2.24, 2.45) is 0 Å². The molecule has 8 heteroatoms. The van der Waals surface area contributed by atoms with Gasteiger partial charge in [0.15, 0.2) is 0 Å². The van der Waals surface area contributed by atoms with Crippen LogP contribution in [0.1, 0.15) is 5.56 Å². The number of piperazine rings is 1. The van der Waals surface area contributed by atoms with Gasteiger partial charge in [-0.05, 0) is 35.9 Å². The minimum absolute atomic E-state index is 0.0917. The molecule has 0 aliphatic carbocycles. The zero-order chi connectivity index (χ0) is 19.4. The van der Waals surface area contributed by atoms with E-state index >= 15 is 0 Å². The number of carbonyl (C=O) groups is 1. The summed E-state index contributed by atoms with van der Waals surface area (Å²) >= 11 is 11.9. The van der Waals surface area contributed by atoms with E-state index < -0.39 is 10.0 Å². The average molecular weight is 425 g/mol. The van der Waals surface area contributed by atoms with Crippen LogP contribution in [0.4, 0.5) is 0 Å². The minimum atomic E-state index is -3.67. The van der Waals surface area contributed by atoms with Crippen LogP contribution < -0.4 is 0 Å². The average Bonchev–Trinajstić information content (AvgIpc) is 2.67. The molecule has 0 aromatic heterocycles. The summed E-state index contributed by atoms with van der Waals surface area (Å²) in [6, 6.07) is 13.5. The first-order valence-electron chi connectivity index (χ1n) is 8.35. The lowest BCUT2D eigenvalue weighted by Crippen LogP contribution is -2.50. The van der Waals surface area contributed by atoms with E-state index in [-0.39, 0.29) is 28.9 Å². The van der Waals surface area contributed by atoms with Crippen molar-refractivity contribution in [2.75, 3.05) is 26.2 Å². The highest BCUT2D eigenvalue weighted by Gasteiger charge is 2.30. The van der Waals surface area contributed by atoms with Crippen LogP contribution in [0.25, 0.3) is 6.08 Å². The van der Waals surface area contributed by atoms with Crippen molar-refractivity contribution >= 4 is 45.2 Å². The summed E-state index contributed by atoms with van der Waals surface area (Å²) in [5.74, 6) is -0.153. The molecule has 0 saturated carbocycles. The molecule has 0 bridgehead atoms. The Morgan fingerprint density at radius 1 is 0.926 bits per heavy atom. The Morgan fingerprint density at radius 2 is 1.56 bits per heavy atom. The number of carbonyl (C=O) groups excluding carboxylic acids is 1. The Kier molecular flexibility index (Phi) is 6.22. The van der Waals surface area contributed by atoms with Crippen LogP contribution in [0.5, 0.6) is 0 Å². The molecule has 142 valence electrons. The first kappa shape index (κ1) is 19.9. The van der Waals surface area contributed by atoms with E-state index in [0.29, 0.717) is 18.1 Å². The molecule has 0 radical (unpaired) electrons. The molecule has 1 amide bonds. The van der Waals surface area contributed by atoms with Gasteiger partial charge >= 0.3 is 0 Å². The molecule has 1 saturated heterocycles. The summed E-state index contributed by atoms with van der Waals surface area (Å²) in [6.45, 7) is 1.11. The van der Waals surface area contributed by atoms with Crippen molar-refractivity contribution in [1.82, 2.24) is 9.21 Å². The minimum Gasteiger partial charge on any atom is -0.337 e. The third-order valence-corrected chi connectivity index (χ3v) is 6.94. The Labute approximate surface area is 168 Å². The van der Waals surface area contributed by atoms with Crippen molar-refractivity contribution in [3.63, 3.8) is 0 Å². The largest absolute Gasteiger partial charge is 0.337 e. The molecule has 1 aliphatic rings. The van der Waals surface area contributed by atoms with E-state index in [2.05, 4.69) is 0 Å². The Bertz CT molecular complexity index is 951. The Morgan fingerprint density at radius 3 is 2.19 bits per heavy atom. The predicted molar refractivity (Wildman–Crippen MR) is 107 cm³/mol. The lowest BCUT2D eigenvalue weighted by molar-refractivity contribution is -0.127. The van der Waals surface area contributed by atoms with Crippen molar-refractivity contribution < 1.29 is 13.2 Å². The Hall–Kier alpha value is -1.86. The number of benzene rings is 2. The normalized spacial score (nSPS) is 16.0. The SMILES string of the molecule is O=C(/C=C/c1ccc(Cl)cc1)N1CCN(S(=O)(=O)c2ccccc2Cl)CC1. The fraction of sp³-hybridized carbons (Fsp3) is 0.211. The second-order valence-electron chi connectivity index (χ2n) is 6.04. The van der Waals surface area contributed by atoms with Gasteiger partial charge in [0, 0.05) is 37.3 Å². The van der Waals surface area contributed by atoms with Crippen LogP contribution in [0.2, 0.25) is 10.0 Å². The molecule has 1 aliphatic heterocycles. The Balaban J connectivity index is 1.62. The molecule has 0 spiro atoms. The first-order chi connectivity index (χ1) is 12.9. The molecular formula is C19H18Cl2N2O3S. The second kappa shape index (κ2) is 8.44. The van der Waals surface area contributed by atoms with Gasteiger partial charge in [-0.15, -0.1) is 0 Å². The monoisotopic (exact) mass is 424 g/mol. The number of halogens is 2. The lowest BCUT2D eigenvalue weighted by atomic mass is 10.2. The van der Waals surface area contributed by atoms with Crippen LogP contribution >= 0.6 is 23.2 Å². The molecule has 2 aromatic rings. The van der Waals surface area contributed by atoms with E-state index in [1.54, 1.807) is 41.3 Å². The van der Waals surface area contributed by atoms with Gasteiger partial charge in [0.05, 0.1) is 5.02 Å². The van der Waals surface area contributed by atoms with Crippen LogP contribution in [0, 0.1) is 0 Å². The third-order valence-electron chi connectivity index (χ3n) is 4.29. The topological polar surface area (TPSA) is 57.7 Å². The molecule has 0 atom stereocenters. The fourth-order valence-electron chi connectivity index (χ4n) is 2.79. The molecule has 2 aromatic carbocycles. The number of nitrogens with zero attached hydrogens (tertiary/aromatic N) is 2. The maximum Gasteiger partial charge on any atom is 0.246 e. The van der Waals surface area contributed by atoms with Gasteiger partial charge < -0.3 is 4.90 Å². The quantitative estimate of drug-likeness (QED) is 0.705. The maximum atomic E-state index is 12.7. The standard InChI is InChI=1S/C19H18Cl2N2O3S/c20-16-8-5-15(6-9-16)7-10-19(24)22-11-13-23(14-12-22)27(25,26)18-4-2-1-3-17(18)21/h1-10H,11-14H2/b10-7+. The molecule has 5 nitrogen and oxygen atoms in total. The van der Waals surface area contributed by atoms with Crippen LogP contribution in [-0.4, -0.2) is 49.7 Å². The van der Waals surface area contributed by atoms with Gasteiger partial charge in [-0.3, -0.25) is 4.79 Å². The number of rotatable bonds is 4. The van der Waals surface area contributed by atoms with E-state index in [1.807, 2.05) is 12.1 Å². The van der Waals surface area contributed by atoms with Gasteiger partial charge in [0.1, 0.15) is 4.90 Å². The molecule has 0 N–H and O–H groups in total. The van der Waals surface area contributed by atoms with E-state index in [9.17, 15) is 13.2 Å². The number of sulfonamides is 1. The smallest absolute Gasteiger partial charge is 0.246 e. The molecule has 0 unspecified atom stereocenters. The maximum absolute atomic E-state index is 12.7. The van der Waals surface area contributed by atoms with E-state index in [4.69, 9.17) is 23.2 Å². The highest BCUT2D eigenvalue weighted by atomic mass is 35.5. The van der Waals surface area contributed by atoms with Crippen molar-refractivity contribution in [2.45, 2.75) is 4.90 Å². The summed E-state index contributed by atoms with van der Waals surface area (Å²) in [7, 11) is -3.67. The lowest BCUT2D eigenvalue weighted by Gasteiger charge is -2.33. The summed E-state index contributed by atoms with van der Waals surface area (Å²) in [5.41, 5.74) is 0.868. The molecule has 1 fully saturated rings. The van der Waals surface area contributed by atoms with E-state index in [0.717, 1.165) is 5.56 Å². The van der Waals surface area contributed by atoms with Gasteiger partial charge in [0.25, 0.3) is 0 Å². The highest BCUT2D eigenvalue weighted by molar-refractivity contribution is 7.89. The summed E-state index contributed by atoms with van der Waals surface area (Å²) in [4.78, 5) is 14.1. The zero-order valence-corrected chi connectivity index (χ0v) is 16.7. The first-order valence-corrected chi connectivity index (χ1v) is 10.5. The zero-order valence-electron chi connectivity index (χ0n) is 14.4. The van der Waals surface area contributed by atoms with Crippen LogP contribution in [0.15, 0.2) is 59.5 Å². The molecule has 27 heavy (non-hydrogen) atoms. The second-order valence-corrected chi connectivity index (χ2v) is 8.79. The van der Waals surface area contributed by atoms with Gasteiger partial charge in [-0.2, -0.15) is 4.31 Å². The molecule has 1 heterocycles. The number of amides is 1. The number of hydrogen-bond donors (Lipinski definition) is 0. The predicted octanol–water partition coefficient (Wildman–Crippen LogP) is 3.54. The van der Waals surface area contributed by atoms with Crippen molar-refractivity contribution in [1.29, 1.82) is 0 Å². The van der Waals surface area contributed by atoms with Crippen molar-refractivity contribution in [3.8, 4) is 0 Å². The third kappa shape index (κ3) is 4.71. The molecular weight excluding hydrogens is 407 g/mol. The van der Waals surface area contributed by atoms with Crippen molar-refractivity contribution in [3.05, 3.63) is 70.2 Å². The number of hydrogen-bond acceptors (Lipinski definition) is 3.